The quantitative estimate of drug-likeness (QED) is 0.401. The summed E-state index contributed by atoms with van der Waals surface area (Å²) in [5.41, 5.74) is 0.171. The highest BCUT2D eigenvalue weighted by Crippen LogP contribution is 2.39. The first-order valence-electron chi connectivity index (χ1n) is 13.3. The molecule has 43 heavy (non-hydrogen) atoms. The van der Waals surface area contributed by atoms with E-state index in [1.54, 1.807) is 32.6 Å². The van der Waals surface area contributed by atoms with Gasteiger partial charge in [-0.05, 0) is 50.6 Å². The van der Waals surface area contributed by atoms with E-state index in [4.69, 9.17) is 16.3 Å². The first-order valence-corrected chi connectivity index (χ1v) is 15.0. The van der Waals surface area contributed by atoms with Gasteiger partial charge in [-0.1, -0.05) is 18.5 Å². The molecule has 1 N–H and O–H groups in total. The highest BCUT2D eigenvalue weighted by Gasteiger charge is 2.37. The zero-order valence-electron chi connectivity index (χ0n) is 23.9. The summed E-state index contributed by atoms with van der Waals surface area (Å²) in [7, 11) is -1.47. The van der Waals surface area contributed by atoms with E-state index in [0.29, 0.717) is 4.90 Å². The Hall–Kier alpha value is -3.67. The third-order valence-electron chi connectivity index (χ3n) is 6.66. The van der Waals surface area contributed by atoms with Gasteiger partial charge in [0.25, 0.3) is 5.56 Å². The fourth-order valence-electron chi connectivity index (χ4n) is 4.56. The molecule has 2 heterocycles. The van der Waals surface area contributed by atoms with Gasteiger partial charge in [0.2, 0.25) is 0 Å². The van der Waals surface area contributed by atoms with Crippen molar-refractivity contribution in [1.29, 1.82) is 5.26 Å². The Morgan fingerprint density at radius 1 is 1.19 bits per heavy atom. The van der Waals surface area contributed by atoms with Crippen LogP contribution in [0.15, 0.2) is 40.3 Å². The molecule has 15 heteroatoms. The number of aromatic nitrogens is 2. The average molecular weight is 639 g/mol. The third-order valence-corrected chi connectivity index (χ3v) is 8.44. The summed E-state index contributed by atoms with van der Waals surface area (Å²) in [6, 6.07) is 7.04. The average Bonchev–Trinajstić information content (AvgIpc) is 2.94. The molecule has 1 unspecified atom stereocenters. The third kappa shape index (κ3) is 7.29. The monoisotopic (exact) mass is 638 g/mol. The molecule has 0 bridgehead atoms. The number of nitriles is 1. The maximum atomic E-state index is 14.3. The van der Waals surface area contributed by atoms with Crippen molar-refractivity contribution in [3.8, 4) is 6.07 Å². The number of amides is 1. The van der Waals surface area contributed by atoms with Crippen molar-refractivity contribution in [2.45, 2.75) is 50.9 Å². The lowest BCUT2D eigenvalue weighted by molar-refractivity contribution is -0.138. The number of ether oxygens (including phenoxy) is 1. The molecule has 10 nitrogen and oxygen atoms in total. The van der Waals surface area contributed by atoms with Gasteiger partial charge < -0.3 is 9.64 Å². The maximum Gasteiger partial charge on any atom is 0.416 e. The van der Waals surface area contributed by atoms with Crippen LogP contribution in [-0.4, -0.2) is 67.3 Å². The molecular weight excluding hydrogens is 609 g/mol. The van der Waals surface area contributed by atoms with E-state index in [9.17, 15) is 32.2 Å². The number of alkyl halides is 3. The summed E-state index contributed by atoms with van der Waals surface area (Å²) in [6.07, 6.45) is -4.25. The first-order chi connectivity index (χ1) is 20.1. The number of nitrogens with zero attached hydrogens (tertiary/aromatic N) is 5. The van der Waals surface area contributed by atoms with Gasteiger partial charge in [-0.2, -0.15) is 18.4 Å². The van der Waals surface area contributed by atoms with E-state index >= 15 is 0 Å². The van der Waals surface area contributed by atoms with Gasteiger partial charge >= 0.3 is 12.3 Å². The first kappa shape index (κ1) is 32.2. The number of piperazine rings is 1. The van der Waals surface area contributed by atoms with Crippen molar-refractivity contribution in [2.75, 3.05) is 37.4 Å². The summed E-state index contributed by atoms with van der Waals surface area (Å²) in [6.45, 7) is 7.85. The molecular formula is C28H30ClF3N6O4S. The minimum atomic E-state index is -4.83. The molecule has 2 aromatic carbocycles. The molecule has 0 saturated carbocycles. The van der Waals surface area contributed by atoms with Crippen LogP contribution in [0.1, 0.15) is 44.4 Å². The smallest absolute Gasteiger partial charge is 0.416 e. The SMILES string of the molecule is CCS(=O)c1ccc(C#N)cc1Nn1cnc2c(Cl)c(CN3CCN(C(=O)OC(C)(C)C)CC3)c(C(F)(F)F)cc2c1=O. The second kappa shape index (κ2) is 12.5. The molecule has 3 aromatic rings. The number of carbonyl (C=O) groups excluding carboxylic acids is 1. The van der Waals surface area contributed by atoms with E-state index in [2.05, 4.69) is 10.4 Å². The van der Waals surface area contributed by atoms with Crippen LogP contribution in [0.2, 0.25) is 5.02 Å². The van der Waals surface area contributed by atoms with Crippen LogP contribution >= 0.6 is 11.6 Å². The van der Waals surface area contributed by atoms with Gasteiger partial charge in [-0.3, -0.25) is 19.3 Å². The lowest BCUT2D eigenvalue weighted by Crippen LogP contribution is -2.49. The number of hydrogen-bond donors (Lipinski definition) is 1. The summed E-state index contributed by atoms with van der Waals surface area (Å²) in [5, 5.41) is 8.61. The molecule has 1 amide bonds. The molecule has 1 fully saturated rings. The zero-order chi connectivity index (χ0) is 31.7. The van der Waals surface area contributed by atoms with Crippen molar-refractivity contribution in [3.05, 3.63) is 62.7 Å². The van der Waals surface area contributed by atoms with Gasteiger partial charge in [0.05, 0.1) is 54.5 Å². The van der Waals surface area contributed by atoms with Crippen LogP contribution in [0.3, 0.4) is 0 Å². The number of benzene rings is 2. The largest absolute Gasteiger partial charge is 0.444 e. The van der Waals surface area contributed by atoms with Crippen LogP contribution in [0, 0.1) is 11.3 Å². The van der Waals surface area contributed by atoms with Crippen molar-refractivity contribution in [2.24, 2.45) is 0 Å². The van der Waals surface area contributed by atoms with Gasteiger partial charge in [0, 0.05) is 38.5 Å². The van der Waals surface area contributed by atoms with E-state index in [1.807, 2.05) is 6.07 Å². The van der Waals surface area contributed by atoms with Gasteiger partial charge in [-0.15, -0.1) is 0 Å². The molecule has 1 aliphatic rings. The van der Waals surface area contributed by atoms with Crippen LogP contribution in [-0.2, 0) is 28.3 Å². The van der Waals surface area contributed by atoms with E-state index in [0.717, 1.165) is 17.1 Å². The Balaban J connectivity index is 1.68. The second-order valence-electron chi connectivity index (χ2n) is 10.8. The minimum Gasteiger partial charge on any atom is -0.444 e. The normalized spacial score (nSPS) is 15.3. The fraction of sp³-hybridized carbons (Fsp3) is 0.429. The number of anilines is 1. The summed E-state index contributed by atoms with van der Waals surface area (Å²) in [4.78, 5) is 33.5. The highest BCUT2D eigenvalue weighted by atomic mass is 35.5. The van der Waals surface area contributed by atoms with Crippen molar-refractivity contribution in [3.63, 3.8) is 0 Å². The van der Waals surface area contributed by atoms with E-state index < -0.39 is 39.8 Å². The highest BCUT2D eigenvalue weighted by molar-refractivity contribution is 7.85. The number of hydrogen-bond acceptors (Lipinski definition) is 8. The molecule has 4 rings (SSSR count). The standard InChI is InChI=1S/C28H30ClF3N6O4S/c1-5-43(41)22-7-6-17(14-33)12-21(22)35-38-16-34-24-18(25(38)39)13-20(28(30,31)32)19(23(24)29)15-36-8-10-37(11-9-36)26(40)42-27(2,3)4/h6-7,12-13,16,35H,5,8-11,15H2,1-4H3. The zero-order valence-corrected chi connectivity index (χ0v) is 25.5. The molecule has 0 radical (unpaired) electrons. The van der Waals surface area contributed by atoms with Crippen LogP contribution < -0.4 is 11.0 Å². The van der Waals surface area contributed by atoms with Crippen molar-refractivity contribution < 1.29 is 26.9 Å². The predicted octanol–water partition coefficient (Wildman–Crippen LogP) is 5.00. The van der Waals surface area contributed by atoms with Crippen molar-refractivity contribution >= 4 is 45.1 Å². The lowest BCUT2D eigenvalue weighted by atomic mass is 10.0. The molecule has 0 aliphatic carbocycles. The summed E-state index contributed by atoms with van der Waals surface area (Å²) >= 11 is 6.51. The number of halogens is 4. The minimum absolute atomic E-state index is 0.108. The van der Waals surface area contributed by atoms with Crippen LogP contribution in [0.5, 0.6) is 0 Å². The lowest BCUT2D eigenvalue weighted by Gasteiger charge is -2.36. The number of fused-ring (bicyclic) bond motifs is 1. The molecule has 0 spiro atoms. The van der Waals surface area contributed by atoms with Crippen LogP contribution in [0.4, 0.5) is 23.7 Å². The Morgan fingerprint density at radius 3 is 2.44 bits per heavy atom. The van der Waals surface area contributed by atoms with Gasteiger partial charge in [0.1, 0.15) is 11.9 Å². The topological polar surface area (TPSA) is 121 Å². The maximum absolute atomic E-state index is 14.3. The molecule has 1 aliphatic heterocycles. The Morgan fingerprint density at radius 2 is 1.86 bits per heavy atom. The Bertz CT molecular complexity index is 1670. The molecule has 1 saturated heterocycles. The second-order valence-corrected chi connectivity index (χ2v) is 12.9. The van der Waals surface area contributed by atoms with Gasteiger partial charge in [0.15, 0.2) is 0 Å². The number of nitrogens with one attached hydrogen (secondary N) is 1. The molecule has 1 aromatic heterocycles. The number of rotatable bonds is 6. The van der Waals surface area contributed by atoms with Crippen molar-refractivity contribution in [1.82, 2.24) is 19.5 Å². The predicted molar refractivity (Wildman–Crippen MR) is 156 cm³/mol. The fourth-order valence-corrected chi connectivity index (χ4v) is 5.76. The Kier molecular flexibility index (Phi) is 9.39. The molecule has 1 atom stereocenters. The number of carbonyl (C=O) groups is 1. The summed E-state index contributed by atoms with van der Waals surface area (Å²) < 4.78 is 61.8. The summed E-state index contributed by atoms with van der Waals surface area (Å²) in [5.74, 6) is 0.259. The van der Waals surface area contributed by atoms with E-state index in [-0.39, 0.29) is 71.2 Å². The Labute approximate surface area is 253 Å². The van der Waals surface area contributed by atoms with Gasteiger partial charge in [-0.25, -0.2) is 14.5 Å². The molecule has 230 valence electrons. The van der Waals surface area contributed by atoms with E-state index in [1.165, 1.54) is 23.1 Å². The van der Waals surface area contributed by atoms with Crippen LogP contribution in [0.25, 0.3) is 10.9 Å².